The molecule has 3 nitrogen and oxygen atoms in total. The van der Waals surface area contributed by atoms with Gasteiger partial charge in [-0.3, -0.25) is 0 Å². The molecule has 1 heterocycles. The number of para-hydroxylation sites is 1. The lowest BCUT2D eigenvalue weighted by molar-refractivity contribution is 0.0697. The van der Waals surface area contributed by atoms with Crippen LogP contribution in [0, 0.1) is 0 Å². The Labute approximate surface area is 93.3 Å². The summed E-state index contributed by atoms with van der Waals surface area (Å²) in [5.74, 6) is -0.917. The minimum absolute atomic E-state index is 0.296. The predicted octanol–water partition coefficient (Wildman–Crippen LogP) is 2.64. The highest BCUT2D eigenvalue weighted by molar-refractivity contribution is 6.34. The van der Waals surface area contributed by atoms with Crippen molar-refractivity contribution in [1.29, 1.82) is 0 Å². The van der Waals surface area contributed by atoms with Gasteiger partial charge in [0.15, 0.2) is 0 Å². The molecule has 80 valence electrons. The van der Waals surface area contributed by atoms with Crippen molar-refractivity contribution in [2.24, 2.45) is 0 Å². The van der Waals surface area contributed by atoms with Crippen LogP contribution in [0.1, 0.15) is 23.2 Å². The first-order valence-corrected chi connectivity index (χ1v) is 5.34. The molecule has 0 bridgehead atoms. The summed E-state index contributed by atoms with van der Waals surface area (Å²) in [6.07, 6.45) is 2.20. The summed E-state index contributed by atoms with van der Waals surface area (Å²) in [4.78, 5) is 13.1. The molecule has 2 rings (SSSR count). The van der Waals surface area contributed by atoms with E-state index in [0.29, 0.717) is 16.3 Å². The maximum Gasteiger partial charge on any atom is 0.337 e. The van der Waals surface area contributed by atoms with Crippen LogP contribution in [0.15, 0.2) is 18.2 Å². The van der Waals surface area contributed by atoms with Crippen LogP contribution < -0.4 is 4.90 Å². The molecule has 1 saturated heterocycles. The van der Waals surface area contributed by atoms with Crippen LogP contribution in [-0.2, 0) is 0 Å². The van der Waals surface area contributed by atoms with Crippen molar-refractivity contribution in [3.63, 3.8) is 0 Å². The van der Waals surface area contributed by atoms with Crippen LogP contribution in [0.4, 0.5) is 5.69 Å². The Morgan fingerprint density at radius 2 is 2.00 bits per heavy atom. The molecular weight excluding hydrogens is 214 g/mol. The number of carboxylic acids is 1. The van der Waals surface area contributed by atoms with E-state index in [2.05, 4.69) is 0 Å². The average Bonchev–Trinajstić information content (AvgIpc) is 2.70. The van der Waals surface area contributed by atoms with Crippen LogP contribution in [0.2, 0.25) is 5.02 Å². The van der Waals surface area contributed by atoms with Crippen molar-refractivity contribution in [2.75, 3.05) is 18.0 Å². The van der Waals surface area contributed by atoms with Gasteiger partial charge < -0.3 is 10.0 Å². The van der Waals surface area contributed by atoms with Crippen molar-refractivity contribution < 1.29 is 9.90 Å². The Bertz CT molecular complexity index is 386. The first-order valence-electron chi connectivity index (χ1n) is 4.97. The third-order valence-corrected chi connectivity index (χ3v) is 2.94. The molecule has 0 atom stereocenters. The number of anilines is 1. The Kier molecular flexibility index (Phi) is 2.82. The minimum atomic E-state index is -0.917. The molecule has 15 heavy (non-hydrogen) atoms. The van der Waals surface area contributed by atoms with Crippen LogP contribution in [-0.4, -0.2) is 24.2 Å². The maximum atomic E-state index is 11.0. The molecule has 0 aliphatic carbocycles. The van der Waals surface area contributed by atoms with Crippen LogP contribution >= 0.6 is 11.6 Å². The average molecular weight is 226 g/mol. The molecule has 0 radical (unpaired) electrons. The molecule has 1 fully saturated rings. The van der Waals surface area contributed by atoms with Gasteiger partial charge in [0.2, 0.25) is 0 Å². The molecule has 1 aromatic carbocycles. The van der Waals surface area contributed by atoms with E-state index in [9.17, 15) is 4.79 Å². The molecule has 4 heteroatoms. The van der Waals surface area contributed by atoms with Crippen LogP contribution in [0.3, 0.4) is 0 Å². The van der Waals surface area contributed by atoms with Gasteiger partial charge in [0.25, 0.3) is 0 Å². The Morgan fingerprint density at radius 1 is 1.33 bits per heavy atom. The molecule has 0 amide bonds. The number of hydrogen-bond acceptors (Lipinski definition) is 2. The molecule has 1 aliphatic rings. The Morgan fingerprint density at radius 3 is 2.60 bits per heavy atom. The van der Waals surface area contributed by atoms with Crippen molar-refractivity contribution in [1.82, 2.24) is 0 Å². The van der Waals surface area contributed by atoms with Gasteiger partial charge in [-0.15, -0.1) is 0 Å². The summed E-state index contributed by atoms with van der Waals surface area (Å²) >= 11 is 6.05. The van der Waals surface area contributed by atoms with E-state index in [0.717, 1.165) is 25.9 Å². The smallest absolute Gasteiger partial charge is 0.337 e. The standard InChI is InChI=1S/C11H12ClNO2/c12-9-5-3-4-8(11(14)15)10(9)13-6-1-2-7-13/h3-5H,1-2,6-7H2,(H,14,15). The fraction of sp³-hybridized carbons (Fsp3) is 0.364. The number of hydrogen-bond donors (Lipinski definition) is 1. The summed E-state index contributed by atoms with van der Waals surface area (Å²) in [7, 11) is 0. The van der Waals surface area contributed by atoms with Gasteiger partial charge in [-0.2, -0.15) is 0 Å². The van der Waals surface area contributed by atoms with Gasteiger partial charge in [-0.05, 0) is 25.0 Å². The third kappa shape index (κ3) is 1.92. The van der Waals surface area contributed by atoms with Crippen LogP contribution in [0.5, 0.6) is 0 Å². The third-order valence-electron chi connectivity index (χ3n) is 2.64. The highest BCUT2D eigenvalue weighted by atomic mass is 35.5. The highest BCUT2D eigenvalue weighted by Gasteiger charge is 2.21. The lowest BCUT2D eigenvalue weighted by Gasteiger charge is -2.21. The number of nitrogens with zero attached hydrogens (tertiary/aromatic N) is 1. The van der Waals surface area contributed by atoms with Crippen molar-refractivity contribution in [3.05, 3.63) is 28.8 Å². The number of carbonyl (C=O) groups is 1. The highest BCUT2D eigenvalue weighted by Crippen LogP contribution is 2.32. The van der Waals surface area contributed by atoms with Gasteiger partial charge in [-0.25, -0.2) is 4.79 Å². The van der Waals surface area contributed by atoms with E-state index in [1.165, 1.54) is 0 Å². The topological polar surface area (TPSA) is 40.5 Å². The van der Waals surface area contributed by atoms with Gasteiger partial charge in [0.1, 0.15) is 0 Å². The zero-order valence-corrected chi connectivity index (χ0v) is 9.00. The molecule has 0 saturated carbocycles. The number of aromatic carboxylic acids is 1. The summed E-state index contributed by atoms with van der Waals surface area (Å²) in [6, 6.07) is 5.01. The van der Waals surface area contributed by atoms with Crippen LogP contribution in [0.25, 0.3) is 0 Å². The minimum Gasteiger partial charge on any atom is -0.478 e. The fourth-order valence-electron chi connectivity index (χ4n) is 1.95. The second-order valence-corrected chi connectivity index (χ2v) is 4.04. The van der Waals surface area contributed by atoms with Crippen molar-refractivity contribution in [3.8, 4) is 0 Å². The molecule has 0 aromatic heterocycles. The Balaban J connectivity index is 2.46. The second kappa shape index (κ2) is 4.11. The van der Waals surface area contributed by atoms with E-state index in [4.69, 9.17) is 16.7 Å². The van der Waals surface area contributed by atoms with Crippen molar-refractivity contribution in [2.45, 2.75) is 12.8 Å². The lowest BCUT2D eigenvalue weighted by Crippen LogP contribution is -2.21. The second-order valence-electron chi connectivity index (χ2n) is 3.64. The van der Waals surface area contributed by atoms with Gasteiger partial charge in [0, 0.05) is 13.1 Å². The van der Waals surface area contributed by atoms with E-state index in [-0.39, 0.29) is 0 Å². The van der Waals surface area contributed by atoms with Gasteiger partial charge >= 0.3 is 5.97 Å². The monoisotopic (exact) mass is 225 g/mol. The van der Waals surface area contributed by atoms with E-state index in [1.54, 1.807) is 18.2 Å². The maximum absolute atomic E-state index is 11.0. The van der Waals surface area contributed by atoms with Crippen molar-refractivity contribution >= 4 is 23.3 Å². The summed E-state index contributed by atoms with van der Waals surface area (Å²) < 4.78 is 0. The van der Waals surface area contributed by atoms with Gasteiger partial charge in [-0.1, -0.05) is 17.7 Å². The first-order chi connectivity index (χ1) is 7.20. The molecule has 1 aromatic rings. The summed E-state index contributed by atoms with van der Waals surface area (Å²) in [6.45, 7) is 1.79. The van der Waals surface area contributed by atoms with E-state index < -0.39 is 5.97 Å². The number of benzene rings is 1. The Hall–Kier alpha value is -1.22. The summed E-state index contributed by atoms with van der Waals surface area (Å²) in [5, 5.41) is 9.59. The first kappa shape index (κ1) is 10.3. The SMILES string of the molecule is O=C(O)c1cccc(Cl)c1N1CCCC1. The quantitative estimate of drug-likeness (QED) is 0.841. The molecule has 0 spiro atoms. The largest absolute Gasteiger partial charge is 0.478 e. The zero-order valence-electron chi connectivity index (χ0n) is 8.24. The van der Waals surface area contributed by atoms with Gasteiger partial charge in [0.05, 0.1) is 16.3 Å². The molecule has 0 unspecified atom stereocenters. The lowest BCUT2D eigenvalue weighted by atomic mass is 10.1. The van der Waals surface area contributed by atoms with E-state index >= 15 is 0 Å². The fourth-order valence-corrected chi connectivity index (χ4v) is 2.24. The number of halogens is 1. The predicted molar refractivity (Wildman–Crippen MR) is 59.9 cm³/mol. The zero-order chi connectivity index (χ0) is 10.8. The molecule has 1 N–H and O–H groups in total. The normalized spacial score (nSPS) is 15.7. The summed E-state index contributed by atoms with van der Waals surface area (Å²) in [5.41, 5.74) is 0.966. The number of rotatable bonds is 2. The number of carboxylic acid groups (broad SMARTS) is 1. The molecule has 1 aliphatic heterocycles. The van der Waals surface area contributed by atoms with E-state index in [1.807, 2.05) is 4.90 Å². The molecular formula is C11H12ClNO2.